The predicted octanol–water partition coefficient (Wildman–Crippen LogP) is 4.69. The molecule has 232 valence electrons. The van der Waals surface area contributed by atoms with Gasteiger partial charge in [0.15, 0.2) is 0 Å². The molecule has 0 saturated carbocycles. The Morgan fingerprint density at radius 2 is 1.65 bits per heavy atom. The summed E-state index contributed by atoms with van der Waals surface area (Å²) in [5.74, 6) is -0.407. The number of nitrogens with one attached hydrogen (secondary N) is 3. The zero-order chi connectivity index (χ0) is 31.9. The highest BCUT2D eigenvalue weighted by Gasteiger charge is 2.27. The number of anilines is 1. The SMILES string of the molecule is COc1ccc(Cl)cc1C(=O)NCC(C)(C)CC(=O)Nc1c(CCNC(=O)OC(C)(C)C)n(C)n(-c2ccccc2)c1=O. The van der Waals surface area contributed by atoms with Crippen molar-refractivity contribution in [1.82, 2.24) is 20.0 Å². The van der Waals surface area contributed by atoms with Gasteiger partial charge in [0.1, 0.15) is 17.0 Å². The van der Waals surface area contributed by atoms with Crippen molar-refractivity contribution in [3.63, 3.8) is 0 Å². The first kappa shape index (κ1) is 33.3. The van der Waals surface area contributed by atoms with Crippen molar-refractivity contribution in [2.45, 2.75) is 53.1 Å². The minimum atomic E-state index is -0.669. The van der Waals surface area contributed by atoms with E-state index in [4.69, 9.17) is 21.1 Å². The van der Waals surface area contributed by atoms with Gasteiger partial charge in [0.25, 0.3) is 11.5 Å². The zero-order valence-corrected chi connectivity index (χ0v) is 26.4. The zero-order valence-electron chi connectivity index (χ0n) is 25.7. The Hall–Kier alpha value is -4.25. The van der Waals surface area contributed by atoms with Gasteiger partial charge in [-0.25, -0.2) is 9.48 Å². The molecule has 12 heteroatoms. The number of amides is 3. The fourth-order valence-electron chi connectivity index (χ4n) is 4.47. The van der Waals surface area contributed by atoms with Crippen molar-refractivity contribution in [3.8, 4) is 11.4 Å². The van der Waals surface area contributed by atoms with Crippen LogP contribution < -0.4 is 26.2 Å². The van der Waals surface area contributed by atoms with Crippen molar-refractivity contribution in [2.24, 2.45) is 12.5 Å². The van der Waals surface area contributed by atoms with Crippen LogP contribution in [0.1, 0.15) is 57.1 Å². The third kappa shape index (κ3) is 9.12. The lowest BCUT2D eigenvalue weighted by atomic mass is 9.88. The lowest BCUT2D eigenvalue weighted by molar-refractivity contribution is -0.118. The number of hydrogen-bond acceptors (Lipinski definition) is 6. The second-order valence-corrected chi connectivity index (χ2v) is 12.3. The summed E-state index contributed by atoms with van der Waals surface area (Å²) in [4.78, 5) is 51.9. The first-order chi connectivity index (χ1) is 20.1. The largest absolute Gasteiger partial charge is 0.496 e. The standard InChI is InChI=1S/C31H40ClN5O6/c1-30(2,3)43-29(41)33-16-15-23-26(28(40)37(36(23)6)21-11-9-8-10-12-21)35-25(38)18-31(4,5)19-34-27(39)22-17-20(32)13-14-24(22)42-7/h8-14,17H,15-16,18-19H2,1-7H3,(H,33,41)(H,34,39)(H,35,38). The Bertz CT molecular complexity index is 1520. The highest BCUT2D eigenvalue weighted by Crippen LogP contribution is 2.25. The van der Waals surface area contributed by atoms with Crippen LogP contribution in [0, 0.1) is 5.41 Å². The molecule has 3 amide bonds. The lowest BCUT2D eigenvalue weighted by Crippen LogP contribution is -2.37. The predicted molar refractivity (Wildman–Crippen MR) is 166 cm³/mol. The number of nitrogens with zero attached hydrogens (tertiary/aromatic N) is 2. The molecule has 0 saturated heterocycles. The summed E-state index contributed by atoms with van der Waals surface area (Å²) >= 11 is 6.06. The van der Waals surface area contributed by atoms with Gasteiger partial charge in [-0.1, -0.05) is 43.6 Å². The number of aromatic nitrogens is 2. The minimum absolute atomic E-state index is 0.00916. The van der Waals surface area contributed by atoms with E-state index in [1.165, 1.54) is 17.9 Å². The van der Waals surface area contributed by atoms with Crippen LogP contribution in [0.25, 0.3) is 5.69 Å². The number of alkyl carbamates (subject to hydrolysis) is 1. The maximum atomic E-state index is 13.6. The number of methoxy groups -OCH3 is 1. The normalized spacial score (nSPS) is 11.5. The fourth-order valence-corrected chi connectivity index (χ4v) is 4.64. The van der Waals surface area contributed by atoms with Crippen LogP contribution in [0.4, 0.5) is 10.5 Å². The third-order valence-electron chi connectivity index (χ3n) is 6.45. The van der Waals surface area contributed by atoms with E-state index >= 15 is 0 Å². The van der Waals surface area contributed by atoms with Gasteiger partial charge in [0.05, 0.1) is 24.1 Å². The first-order valence-electron chi connectivity index (χ1n) is 13.9. The van der Waals surface area contributed by atoms with Crippen LogP contribution in [0.5, 0.6) is 5.75 Å². The van der Waals surface area contributed by atoms with Crippen molar-refractivity contribution in [1.29, 1.82) is 0 Å². The number of hydrogen-bond donors (Lipinski definition) is 3. The fraction of sp³-hybridized carbons (Fsp3) is 0.419. The Morgan fingerprint density at radius 3 is 2.28 bits per heavy atom. The molecule has 3 rings (SSSR count). The molecule has 0 aliphatic carbocycles. The van der Waals surface area contributed by atoms with Gasteiger partial charge in [-0.3, -0.25) is 19.1 Å². The molecular formula is C31H40ClN5O6. The molecule has 3 aromatic rings. The summed E-state index contributed by atoms with van der Waals surface area (Å²) in [6.07, 6.45) is -0.318. The van der Waals surface area contributed by atoms with Crippen LogP contribution in [0.2, 0.25) is 5.02 Å². The summed E-state index contributed by atoms with van der Waals surface area (Å²) in [5, 5.41) is 8.74. The molecule has 1 heterocycles. The molecule has 0 aliphatic heterocycles. The van der Waals surface area contributed by atoms with Crippen molar-refractivity contribution < 1.29 is 23.9 Å². The number of benzene rings is 2. The average Bonchev–Trinajstić information content (AvgIpc) is 3.14. The Labute approximate surface area is 256 Å². The van der Waals surface area contributed by atoms with Crippen LogP contribution in [0.15, 0.2) is 53.3 Å². The Kier molecular flexibility index (Phi) is 10.7. The number of carbonyl (C=O) groups is 3. The molecule has 11 nitrogen and oxygen atoms in total. The van der Waals surface area contributed by atoms with E-state index in [0.29, 0.717) is 22.2 Å². The van der Waals surface area contributed by atoms with Gasteiger partial charge < -0.3 is 25.4 Å². The molecule has 2 aromatic carbocycles. The molecule has 0 atom stereocenters. The third-order valence-corrected chi connectivity index (χ3v) is 6.69. The molecule has 0 unspecified atom stereocenters. The summed E-state index contributed by atoms with van der Waals surface area (Å²) in [6, 6.07) is 13.8. The van der Waals surface area contributed by atoms with E-state index in [1.54, 1.807) is 56.8 Å². The monoisotopic (exact) mass is 613 g/mol. The van der Waals surface area contributed by atoms with Crippen LogP contribution in [0.3, 0.4) is 0 Å². The number of carbonyl (C=O) groups excluding carboxylic acids is 3. The van der Waals surface area contributed by atoms with E-state index in [-0.39, 0.29) is 43.1 Å². The number of halogens is 1. The quantitative estimate of drug-likeness (QED) is 0.287. The van der Waals surface area contributed by atoms with Crippen LogP contribution in [-0.4, -0.2) is 53.1 Å². The second kappa shape index (κ2) is 13.8. The van der Waals surface area contributed by atoms with E-state index in [2.05, 4.69) is 16.0 Å². The number of rotatable bonds is 11. The van der Waals surface area contributed by atoms with Gasteiger partial charge in [-0.2, -0.15) is 0 Å². The van der Waals surface area contributed by atoms with Crippen molar-refractivity contribution in [2.75, 3.05) is 25.5 Å². The summed E-state index contributed by atoms with van der Waals surface area (Å²) in [5.41, 5.74) is -0.185. The molecule has 3 N–H and O–H groups in total. The summed E-state index contributed by atoms with van der Waals surface area (Å²) in [6.45, 7) is 9.32. The summed E-state index contributed by atoms with van der Waals surface area (Å²) < 4.78 is 13.7. The van der Waals surface area contributed by atoms with Gasteiger partial charge in [0, 0.05) is 38.0 Å². The lowest BCUT2D eigenvalue weighted by Gasteiger charge is -2.24. The van der Waals surface area contributed by atoms with Crippen LogP contribution in [-0.2, 0) is 23.0 Å². The van der Waals surface area contributed by atoms with E-state index < -0.39 is 28.6 Å². The highest BCUT2D eigenvalue weighted by atomic mass is 35.5. The topological polar surface area (TPSA) is 133 Å². The molecule has 0 spiro atoms. The molecule has 43 heavy (non-hydrogen) atoms. The number of ether oxygens (including phenoxy) is 2. The summed E-state index contributed by atoms with van der Waals surface area (Å²) in [7, 11) is 3.18. The van der Waals surface area contributed by atoms with E-state index in [0.717, 1.165) is 0 Å². The highest BCUT2D eigenvalue weighted by molar-refractivity contribution is 6.31. The second-order valence-electron chi connectivity index (χ2n) is 11.9. The minimum Gasteiger partial charge on any atom is -0.496 e. The maximum Gasteiger partial charge on any atom is 0.407 e. The maximum absolute atomic E-state index is 13.6. The average molecular weight is 614 g/mol. The molecule has 0 bridgehead atoms. The van der Waals surface area contributed by atoms with Gasteiger partial charge in [0.2, 0.25) is 5.91 Å². The smallest absolute Gasteiger partial charge is 0.407 e. The van der Waals surface area contributed by atoms with Crippen molar-refractivity contribution in [3.05, 3.63) is 75.2 Å². The van der Waals surface area contributed by atoms with Gasteiger partial charge >= 0.3 is 6.09 Å². The Morgan fingerprint density at radius 1 is 0.977 bits per heavy atom. The van der Waals surface area contributed by atoms with Crippen molar-refractivity contribution >= 4 is 35.2 Å². The molecule has 0 radical (unpaired) electrons. The Balaban J connectivity index is 1.77. The van der Waals surface area contributed by atoms with Gasteiger partial charge in [-0.15, -0.1) is 0 Å². The molecule has 1 aromatic heterocycles. The van der Waals surface area contributed by atoms with E-state index in [9.17, 15) is 19.2 Å². The first-order valence-corrected chi connectivity index (χ1v) is 14.2. The van der Waals surface area contributed by atoms with Gasteiger partial charge in [-0.05, 0) is 56.5 Å². The molecule has 0 aliphatic rings. The molecular weight excluding hydrogens is 574 g/mol. The van der Waals surface area contributed by atoms with Crippen LogP contribution >= 0.6 is 11.6 Å². The van der Waals surface area contributed by atoms with E-state index in [1.807, 2.05) is 32.0 Å². The number of para-hydroxylation sites is 1. The molecule has 0 fully saturated rings.